The van der Waals surface area contributed by atoms with Crippen LogP contribution in [-0.2, 0) is 0 Å². The highest BCUT2D eigenvalue weighted by molar-refractivity contribution is 8.37. The molecule has 1 saturated carbocycles. The van der Waals surface area contributed by atoms with Crippen LogP contribution in [0.3, 0.4) is 0 Å². The molecule has 1 aliphatic rings. The van der Waals surface area contributed by atoms with E-state index in [1.165, 1.54) is 32.4 Å². The Morgan fingerprint density at radius 2 is 1.07 bits per heavy atom. The number of benzene rings is 3. The third-order valence-corrected chi connectivity index (χ3v) is 8.81. The SMILES string of the molecule is C=C/C(=C\C1CC1)S(c1ccccc1)(c1ccccc1)c1ccccc1.CC. The topological polar surface area (TPSA) is 0 Å². The van der Waals surface area contributed by atoms with Crippen LogP contribution < -0.4 is 0 Å². The fourth-order valence-electron chi connectivity index (χ4n) is 3.48. The van der Waals surface area contributed by atoms with Crippen molar-refractivity contribution in [2.24, 2.45) is 5.92 Å². The number of hydrogen-bond donors (Lipinski definition) is 0. The van der Waals surface area contributed by atoms with Gasteiger partial charge in [-0.25, -0.2) is 0 Å². The van der Waals surface area contributed by atoms with Crippen LogP contribution in [0.15, 0.2) is 129 Å². The molecular formula is C27H30S. The van der Waals surface area contributed by atoms with Crippen LogP contribution in [0.5, 0.6) is 0 Å². The molecule has 0 amide bonds. The maximum Gasteiger partial charge on any atom is 0.00228 e. The Balaban J connectivity index is 0.00000109. The lowest BCUT2D eigenvalue weighted by atomic mass is 10.3. The molecule has 3 aromatic rings. The third kappa shape index (κ3) is 4.00. The van der Waals surface area contributed by atoms with Gasteiger partial charge in [0.15, 0.2) is 0 Å². The summed E-state index contributed by atoms with van der Waals surface area (Å²) in [6.45, 7) is 8.24. The van der Waals surface area contributed by atoms with Gasteiger partial charge in [0, 0.05) is 14.7 Å². The highest BCUT2D eigenvalue weighted by atomic mass is 32.3. The van der Waals surface area contributed by atoms with Crippen molar-refractivity contribution in [3.8, 4) is 0 Å². The van der Waals surface area contributed by atoms with E-state index in [0.717, 1.165) is 0 Å². The molecule has 1 fully saturated rings. The smallest absolute Gasteiger partial charge is 0.00228 e. The molecule has 0 nitrogen and oxygen atoms in total. The van der Waals surface area contributed by atoms with E-state index in [4.69, 9.17) is 0 Å². The summed E-state index contributed by atoms with van der Waals surface area (Å²) in [7, 11) is -1.54. The minimum absolute atomic E-state index is 0.700. The molecule has 0 saturated heterocycles. The van der Waals surface area contributed by atoms with Gasteiger partial charge in [-0.05, 0) is 60.1 Å². The normalized spacial score (nSPS) is 14.6. The van der Waals surface area contributed by atoms with E-state index in [9.17, 15) is 0 Å². The van der Waals surface area contributed by atoms with Crippen LogP contribution in [0, 0.1) is 5.92 Å². The molecule has 0 spiro atoms. The molecule has 1 aliphatic carbocycles. The lowest BCUT2D eigenvalue weighted by Crippen LogP contribution is -2.06. The Bertz CT molecular complexity index is 794. The van der Waals surface area contributed by atoms with Gasteiger partial charge in [-0.2, -0.15) is 0 Å². The maximum absolute atomic E-state index is 4.24. The maximum atomic E-state index is 4.24. The molecule has 144 valence electrons. The summed E-state index contributed by atoms with van der Waals surface area (Å²) in [6, 6.07) is 32.9. The predicted octanol–water partition coefficient (Wildman–Crippen LogP) is 8.47. The molecule has 0 atom stereocenters. The molecule has 0 N–H and O–H groups in total. The average Bonchev–Trinajstić information content (AvgIpc) is 3.61. The Morgan fingerprint density at radius 3 is 1.36 bits per heavy atom. The highest BCUT2D eigenvalue weighted by Gasteiger charge is 2.35. The van der Waals surface area contributed by atoms with Gasteiger partial charge >= 0.3 is 0 Å². The minimum atomic E-state index is -1.54. The highest BCUT2D eigenvalue weighted by Crippen LogP contribution is 2.73. The van der Waals surface area contributed by atoms with Gasteiger partial charge in [0.25, 0.3) is 0 Å². The van der Waals surface area contributed by atoms with Crippen molar-refractivity contribution in [1.82, 2.24) is 0 Å². The second-order valence-electron chi connectivity index (χ2n) is 6.66. The Labute approximate surface area is 172 Å². The molecule has 3 aromatic carbocycles. The predicted molar refractivity (Wildman–Crippen MR) is 124 cm³/mol. The van der Waals surface area contributed by atoms with Crippen molar-refractivity contribution in [2.75, 3.05) is 0 Å². The fraction of sp³-hybridized carbons (Fsp3) is 0.185. The van der Waals surface area contributed by atoms with Gasteiger partial charge in [-0.15, -0.1) is 10.0 Å². The van der Waals surface area contributed by atoms with Crippen molar-refractivity contribution in [3.05, 3.63) is 115 Å². The van der Waals surface area contributed by atoms with E-state index < -0.39 is 10.0 Å². The van der Waals surface area contributed by atoms with Crippen LogP contribution in [0.1, 0.15) is 26.7 Å². The summed E-state index contributed by atoms with van der Waals surface area (Å²) in [4.78, 5) is 5.46. The number of allylic oxidation sites excluding steroid dienone is 2. The zero-order valence-electron chi connectivity index (χ0n) is 16.9. The van der Waals surface area contributed by atoms with Crippen LogP contribution in [-0.4, -0.2) is 0 Å². The van der Waals surface area contributed by atoms with Crippen molar-refractivity contribution in [2.45, 2.75) is 41.4 Å². The largest absolute Gasteiger partial charge is 0.133 e. The van der Waals surface area contributed by atoms with E-state index in [0.29, 0.717) is 5.92 Å². The summed E-state index contributed by atoms with van der Waals surface area (Å²) in [6.07, 6.45) is 7.17. The first-order valence-electron chi connectivity index (χ1n) is 10.2. The van der Waals surface area contributed by atoms with Crippen molar-refractivity contribution < 1.29 is 0 Å². The standard InChI is InChI=1S/C25H24S.C2H6/c1-2-22(20-21-18-19-21)26(23-12-6-3-7-13-23,24-14-8-4-9-15-24)25-16-10-5-11-17-25;1-2/h2-17,20-21H,1,18-19H2;1-2H3/b22-20+;. The van der Waals surface area contributed by atoms with E-state index in [-0.39, 0.29) is 0 Å². The molecular weight excluding hydrogens is 356 g/mol. The second kappa shape index (κ2) is 9.61. The van der Waals surface area contributed by atoms with E-state index >= 15 is 0 Å². The van der Waals surface area contributed by atoms with Gasteiger partial charge in [-0.1, -0.05) is 87.2 Å². The summed E-state index contributed by atoms with van der Waals surface area (Å²) >= 11 is 0. The monoisotopic (exact) mass is 386 g/mol. The number of hydrogen-bond acceptors (Lipinski definition) is 0. The first kappa shape index (κ1) is 20.2. The summed E-state index contributed by atoms with van der Waals surface area (Å²) in [5.41, 5.74) is 0. The van der Waals surface area contributed by atoms with Gasteiger partial charge in [0.05, 0.1) is 0 Å². The first-order chi connectivity index (χ1) is 13.9. The van der Waals surface area contributed by atoms with Crippen LogP contribution in [0.25, 0.3) is 0 Å². The molecule has 0 aromatic heterocycles. The lowest BCUT2D eigenvalue weighted by Gasteiger charge is -2.43. The molecule has 1 heteroatoms. The Kier molecular flexibility index (Phi) is 6.95. The lowest BCUT2D eigenvalue weighted by molar-refractivity contribution is 1.12. The quantitative estimate of drug-likeness (QED) is 0.373. The van der Waals surface area contributed by atoms with Crippen LogP contribution in [0.2, 0.25) is 0 Å². The Hall–Kier alpha value is -2.51. The van der Waals surface area contributed by atoms with Gasteiger partial charge in [0.2, 0.25) is 0 Å². The van der Waals surface area contributed by atoms with Gasteiger partial charge < -0.3 is 0 Å². The molecule has 0 heterocycles. The van der Waals surface area contributed by atoms with E-state index in [1.54, 1.807) is 0 Å². The van der Waals surface area contributed by atoms with Crippen LogP contribution in [0.4, 0.5) is 0 Å². The molecule has 0 unspecified atom stereocenters. The van der Waals surface area contributed by atoms with Crippen molar-refractivity contribution in [3.63, 3.8) is 0 Å². The first-order valence-corrected chi connectivity index (χ1v) is 11.8. The van der Waals surface area contributed by atoms with E-state index in [1.807, 2.05) is 13.8 Å². The van der Waals surface area contributed by atoms with E-state index in [2.05, 4.69) is 110 Å². The molecule has 0 bridgehead atoms. The van der Waals surface area contributed by atoms with Crippen molar-refractivity contribution in [1.29, 1.82) is 0 Å². The fourth-order valence-corrected chi connectivity index (χ4v) is 7.46. The summed E-state index contributed by atoms with van der Waals surface area (Å²) in [5, 5.41) is 0. The average molecular weight is 387 g/mol. The zero-order valence-corrected chi connectivity index (χ0v) is 17.7. The summed E-state index contributed by atoms with van der Waals surface area (Å²) in [5.74, 6) is 0.700. The second-order valence-corrected chi connectivity index (χ2v) is 9.77. The summed E-state index contributed by atoms with van der Waals surface area (Å²) < 4.78 is 0. The number of rotatable bonds is 6. The molecule has 4 rings (SSSR count). The van der Waals surface area contributed by atoms with Crippen molar-refractivity contribution >= 4 is 10.0 Å². The van der Waals surface area contributed by atoms with Gasteiger partial charge in [0.1, 0.15) is 0 Å². The van der Waals surface area contributed by atoms with Gasteiger partial charge in [-0.3, -0.25) is 0 Å². The molecule has 0 radical (unpaired) electrons. The third-order valence-electron chi connectivity index (χ3n) is 4.87. The molecule has 28 heavy (non-hydrogen) atoms. The zero-order chi connectivity index (χ0) is 19.8. The Morgan fingerprint density at radius 1 is 0.714 bits per heavy atom. The molecule has 0 aliphatic heterocycles. The minimum Gasteiger partial charge on any atom is -0.133 e. The van der Waals surface area contributed by atoms with Crippen LogP contribution >= 0.6 is 10.0 Å².